The molecule has 0 saturated carbocycles. The first-order valence-corrected chi connectivity index (χ1v) is 10.8. The van der Waals surface area contributed by atoms with Gasteiger partial charge in [-0.3, -0.25) is 4.57 Å². The van der Waals surface area contributed by atoms with Crippen LogP contribution in [0.5, 0.6) is 0 Å². The number of nitrogens with zero attached hydrogens (tertiary/aromatic N) is 7. The van der Waals surface area contributed by atoms with Gasteiger partial charge in [0.1, 0.15) is 17.5 Å². The molecule has 35 heavy (non-hydrogen) atoms. The van der Waals surface area contributed by atoms with Crippen molar-refractivity contribution >= 4 is 18.2 Å². The Morgan fingerprint density at radius 1 is 1.17 bits per heavy atom. The lowest BCUT2D eigenvalue weighted by Gasteiger charge is -2.22. The van der Waals surface area contributed by atoms with Crippen molar-refractivity contribution in [1.82, 2.24) is 34.6 Å². The third kappa shape index (κ3) is 5.00. The highest BCUT2D eigenvalue weighted by Gasteiger charge is 2.28. The van der Waals surface area contributed by atoms with Gasteiger partial charge in [0.05, 0.1) is 12.2 Å². The highest BCUT2D eigenvalue weighted by molar-refractivity contribution is 5.78. The summed E-state index contributed by atoms with van der Waals surface area (Å²) in [4.78, 5) is 32.8. The molecule has 184 valence electrons. The smallest absolute Gasteiger partial charge is 0.352 e. The Morgan fingerprint density at radius 2 is 1.91 bits per heavy atom. The van der Waals surface area contributed by atoms with E-state index in [4.69, 9.17) is 0 Å². The summed E-state index contributed by atoms with van der Waals surface area (Å²) in [5.41, 5.74) is -0.240. The number of hydrogen-bond acceptors (Lipinski definition) is 7. The molecule has 2 N–H and O–H groups in total. The molecule has 0 fully saturated rings. The van der Waals surface area contributed by atoms with E-state index in [1.165, 1.54) is 10.8 Å². The van der Waals surface area contributed by atoms with Crippen molar-refractivity contribution in [2.75, 3.05) is 18.4 Å². The molecule has 0 unspecified atom stereocenters. The van der Waals surface area contributed by atoms with Crippen molar-refractivity contribution < 1.29 is 18.0 Å². The third-order valence-electron chi connectivity index (χ3n) is 5.28. The van der Waals surface area contributed by atoms with E-state index in [-0.39, 0.29) is 30.4 Å². The number of amides is 2. The summed E-state index contributed by atoms with van der Waals surface area (Å²) in [6.45, 7) is 4.03. The van der Waals surface area contributed by atoms with Gasteiger partial charge in [-0.25, -0.2) is 32.8 Å². The topological polar surface area (TPSA) is 122 Å². The molecule has 2 amide bonds. The van der Waals surface area contributed by atoms with Crippen LogP contribution in [-0.4, -0.2) is 54.7 Å². The zero-order valence-electron chi connectivity index (χ0n) is 18.9. The number of carbonyl (C=O) groups excluding carboxylic acids is 1. The fourth-order valence-corrected chi connectivity index (χ4v) is 3.67. The van der Waals surface area contributed by atoms with Crippen molar-refractivity contribution in [2.45, 2.75) is 32.9 Å². The lowest BCUT2D eigenvalue weighted by molar-refractivity contribution is 0.186. The molecule has 1 atom stereocenters. The van der Waals surface area contributed by atoms with Crippen LogP contribution in [0, 0.1) is 24.4 Å². The normalized spacial score (nSPS) is 15.0. The Balaban J connectivity index is 1.37. The van der Waals surface area contributed by atoms with E-state index in [1.54, 1.807) is 13.8 Å². The second-order valence-corrected chi connectivity index (χ2v) is 7.61. The van der Waals surface area contributed by atoms with E-state index in [9.17, 15) is 22.8 Å². The Hall–Kier alpha value is -4.23. The molecule has 0 spiro atoms. The van der Waals surface area contributed by atoms with Crippen LogP contribution in [-0.2, 0) is 6.54 Å². The zero-order chi connectivity index (χ0) is 25.1. The van der Waals surface area contributed by atoms with E-state index in [0.29, 0.717) is 18.8 Å². The van der Waals surface area contributed by atoms with Crippen LogP contribution >= 0.6 is 0 Å². The highest BCUT2D eigenvalue weighted by Crippen LogP contribution is 2.29. The molecule has 4 rings (SSSR count). The summed E-state index contributed by atoms with van der Waals surface area (Å²) in [5, 5.41) is 14.6. The van der Waals surface area contributed by atoms with Crippen molar-refractivity contribution in [3.05, 3.63) is 63.7 Å². The van der Waals surface area contributed by atoms with Gasteiger partial charge in [0.25, 0.3) is 0 Å². The molecule has 0 bridgehead atoms. The minimum Gasteiger partial charge on any atom is -0.352 e. The fourth-order valence-electron chi connectivity index (χ4n) is 3.67. The lowest BCUT2D eigenvalue weighted by atomic mass is 10.0. The molecule has 1 aromatic carbocycles. The standard InChI is InChI=1S/C21H22F3N9O2/c1-3-31-12(2)30-33(21(31)35)18-16(24)11-27-19(29-18)25-6-7-26-20(34)32-17(4-5-28-32)13-8-14(22)10-15(23)9-13/h5,8-11,17H,3-4,6-7H2,1-2H3,(H,26,34)(H,25,27,29)/t17-/m0/s1. The molecule has 3 heterocycles. The van der Waals surface area contributed by atoms with Gasteiger partial charge in [0, 0.05) is 38.3 Å². The quantitative estimate of drug-likeness (QED) is 0.491. The number of benzene rings is 1. The first-order valence-electron chi connectivity index (χ1n) is 10.8. The number of anilines is 1. The monoisotopic (exact) mass is 489 g/mol. The molecule has 0 saturated heterocycles. The predicted molar refractivity (Wildman–Crippen MR) is 120 cm³/mol. The number of halogens is 3. The number of nitrogens with one attached hydrogen (secondary N) is 2. The Morgan fingerprint density at radius 3 is 2.60 bits per heavy atom. The van der Waals surface area contributed by atoms with Crippen molar-refractivity contribution in [1.29, 1.82) is 0 Å². The van der Waals surface area contributed by atoms with Crippen molar-refractivity contribution in [3.8, 4) is 5.82 Å². The molecule has 0 radical (unpaired) electrons. The van der Waals surface area contributed by atoms with Gasteiger partial charge in [0.15, 0.2) is 11.6 Å². The maximum absolute atomic E-state index is 14.3. The molecule has 2 aromatic heterocycles. The summed E-state index contributed by atoms with van der Waals surface area (Å²) in [6.07, 6.45) is 2.72. The molecule has 14 heteroatoms. The summed E-state index contributed by atoms with van der Waals surface area (Å²) < 4.78 is 43.7. The SMILES string of the molecule is CCn1c(C)nn(-c2nc(NCCNC(=O)N3N=CC[C@H]3c3cc(F)cc(F)c3)ncc2F)c1=O. The highest BCUT2D eigenvalue weighted by atomic mass is 19.1. The minimum absolute atomic E-state index is 0.0264. The molecule has 11 nitrogen and oxygen atoms in total. The van der Waals surface area contributed by atoms with Gasteiger partial charge in [-0.2, -0.15) is 14.8 Å². The average Bonchev–Trinajstić information content (AvgIpc) is 3.41. The van der Waals surface area contributed by atoms with Gasteiger partial charge in [0.2, 0.25) is 5.95 Å². The molecule has 1 aliphatic rings. The van der Waals surface area contributed by atoms with Crippen LogP contribution < -0.4 is 16.3 Å². The molecular weight excluding hydrogens is 467 g/mol. The van der Waals surface area contributed by atoms with Crippen LogP contribution in [0.2, 0.25) is 0 Å². The number of rotatable bonds is 7. The molecule has 3 aromatic rings. The number of aromatic nitrogens is 5. The second kappa shape index (κ2) is 9.95. The maximum Gasteiger partial charge on any atom is 0.352 e. The van der Waals surface area contributed by atoms with E-state index >= 15 is 0 Å². The molecule has 0 aliphatic carbocycles. The zero-order valence-corrected chi connectivity index (χ0v) is 18.9. The second-order valence-electron chi connectivity index (χ2n) is 7.61. The summed E-state index contributed by atoms with van der Waals surface area (Å²) in [6, 6.07) is 1.86. The van der Waals surface area contributed by atoms with Gasteiger partial charge in [-0.1, -0.05) is 0 Å². The Kier molecular flexibility index (Phi) is 6.80. The number of urea groups is 1. The summed E-state index contributed by atoms with van der Waals surface area (Å²) >= 11 is 0. The Bertz CT molecular complexity index is 1320. The minimum atomic E-state index is -0.821. The average molecular weight is 489 g/mol. The van der Waals surface area contributed by atoms with Gasteiger partial charge in [-0.05, 0) is 31.5 Å². The largest absolute Gasteiger partial charge is 0.352 e. The number of hydrazone groups is 1. The summed E-state index contributed by atoms with van der Waals surface area (Å²) in [7, 11) is 0. The van der Waals surface area contributed by atoms with E-state index in [1.807, 2.05) is 0 Å². The van der Waals surface area contributed by atoms with Gasteiger partial charge in [-0.15, -0.1) is 5.10 Å². The van der Waals surface area contributed by atoms with E-state index < -0.39 is 35.2 Å². The van der Waals surface area contributed by atoms with E-state index in [0.717, 1.165) is 34.1 Å². The van der Waals surface area contributed by atoms with Crippen LogP contribution in [0.1, 0.15) is 30.8 Å². The maximum atomic E-state index is 14.3. The van der Waals surface area contributed by atoms with Crippen LogP contribution in [0.25, 0.3) is 5.82 Å². The first-order chi connectivity index (χ1) is 16.8. The van der Waals surface area contributed by atoms with Crippen LogP contribution in [0.3, 0.4) is 0 Å². The van der Waals surface area contributed by atoms with Crippen molar-refractivity contribution in [2.24, 2.45) is 5.10 Å². The van der Waals surface area contributed by atoms with E-state index in [2.05, 4.69) is 30.8 Å². The first kappa shape index (κ1) is 23.9. The molecular formula is C21H22F3N9O2. The predicted octanol–water partition coefficient (Wildman–Crippen LogP) is 2.12. The number of hydrogen-bond donors (Lipinski definition) is 2. The summed E-state index contributed by atoms with van der Waals surface area (Å²) in [5.74, 6) is -2.17. The van der Waals surface area contributed by atoms with Crippen LogP contribution in [0.15, 0.2) is 34.3 Å². The Labute approximate surface area is 197 Å². The lowest BCUT2D eigenvalue weighted by Crippen LogP contribution is -2.39. The fraction of sp³-hybridized carbons (Fsp3) is 0.333. The molecule has 1 aliphatic heterocycles. The van der Waals surface area contributed by atoms with Gasteiger partial charge < -0.3 is 10.6 Å². The number of aryl methyl sites for hydroxylation is 1. The number of carbonyl (C=O) groups is 1. The van der Waals surface area contributed by atoms with Crippen LogP contribution in [0.4, 0.5) is 23.9 Å². The van der Waals surface area contributed by atoms with Crippen molar-refractivity contribution in [3.63, 3.8) is 0 Å². The van der Waals surface area contributed by atoms with Gasteiger partial charge >= 0.3 is 11.7 Å². The third-order valence-corrected chi connectivity index (χ3v) is 5.28.